The van der Waals surface area contributed by atoms with Gasteiger partial charge in [0.25, 0.3) is 0 Å². The average Bonchev–Trinajstić information content (AvgIpc) is 3.35. The predicted octanol–water partition coefficient (Wildman–Crippen LogP) is 3.20. The van der Waals surface area contributed by atoms with Crippen LogP contribution in [0.3, 0.4) is 0 Å². The van der Waals surface area contributed by atoms with Crippen molar-refractivity contribution in [3.05, 3.63) is 33.6 Å². The van der Waals surface area contributed by atoms with Gasteiger partial charge in [-0.25, -0.2) is 9.78 Å². The van der Waals surface area contributed by atoms with Crippen molar-refractivity contribution in [1.29, 1.82) is 0 Å². The Bertz CT molecular complexity index is 1050. The first-order chi connectivity index (χ1) is 15.6. The summed E-state index contributed by atoms with van der Waals surface area (Å²) in [5, 5.41) is 10.5. The number of carboxylic acid groups (broad SMARTS) is 1. The van der Waals surface area contributed by atoms with Gasteiger partial charge < -0.3 is 15.7 Å². The molecule has 0 aliphatic carbocycles. The lowest BCUT2D eigenvalue weighted by Gasteiger charge is -2.29. The number of aliphatic carboxylic acids is 1. The number of piperidine rings is 1. The van der Waals surface area contributed by atoms with E-state index in [0.29, 0.717) is 12.5 Å². The van der Waals surface area contributed by atoms with Gasteiger partial charge in [-0.2, -0.15) is 13.2 Å². The first-order valence-electron chi connectivity index (χ1n) is 10.8. The standard InChI is InChI=1S/C20H24N4OS.C2HF3O2/c21-16-3-6-23(7-4-16)11-18-22-17(12-26-18)14-8-13-2-1-5-24-19(25)10-15(9-14)20(13)24;3-2(4,5)1(6)7/h8-9,12,16H,1-7,10-11,21H2;(H,6,7). The summed E-state index contributed by atoms with van der Waals surface area (Å²) in [4.78, 5) is 30.5. The number of amides is 1. The van der Waals surface area contributed by atoms with Gasteiger partial charge in [-0.1, -0.05) is 0 Å². The third-order valence-electron chi connectivity index (χ3n) is 6.09. The molecule has 0 unspecified atom stereocenters. The summed E-state index contributed by atoms with van der Waals surface area (Å²) in [6, 6.07) is 4.80. The van der Waals surface area contributed by atoms with Gasteiger partial charge in [-0.05, 0) is 48.9 Å². The fourth-order valence-corrected chi connectivity index (χ4v) is 5.29. The lowest BCUT2D eigenvalue weighted by Crippen LogP contribution is -2.39. The van der Waals surface area contributed by atoms with Crippen molar-refractivity contribution >= 4 is 28.9 Å². The molecule has 33 heavy (non-hydrogen) atoms. The minimum atomic E-state index is -5.08. The number of carbonyl (C=O) groups is 2. The Morgan fingerprint density at radius 3 is 2.55 bits per heavy atom. The zero-order valence-electron chi connectivity index (χ0n) is 17.9. The quantitative estimate of drug-likeness (QED) is 0.697. The number of likely N-dealkylation sites (tertiary alicyclic amines) is 1. The summed E-state index contributed by atoms with van der Waals surface area (Å²) in [5.41, 5.74) is 11.9. The summed E-state index contributed by atoms with van der Waals surface area (Å²) < 4.78 is 31.7. The molecule has 1 amide bonds. The molecule has 0 spiro atoms. The highest BCUT2D eigenvalue weighted by molar-refractivity contribution is 7.09. The summed E-state index contributed by atoms with van der Waals surface area (Å²) in [6.07, 6.45) is -0.263. The minimum Gasteiger partial charge on any atom is -0.475 e. The van der Waals surface area contributed by atoms with Crippen LogP contribution >= 0.6 is 11.3 Å². The number of thiazole rings is 1. The van der Waals surface area contributed by atoms with E-state index in [-0.39, 0.29) is 5.91 Å². The van der Waals surface area contributed by atoms with Gasteiger partial charge in [0.2, 0.25) is 5.91 Å². The molecule has 1 fully saturated rings. The van der Waals surface area contributed by atoms with Crippen LogP contribution < -0.4 is 10.6 Å². The van der Waals surface area contributed by atoms with Crippen molar-refractivity contribution in [2.24, 2.45) is 5.73 Å². The number of anilines is 1. The molecule has 7 nitrogen and oxygen atoms in total. The molecule has 2 aromatic rings. The maximum atomic E-state index is 12.2. The number of nitrogens with zero attached hydrogens (tertiary/aromatic N) is 3. The number of aromatic nitrogens is 1. The number of benzene rings is 1. The van der Waals surface area contributed by atoms with E-state index in [1.807, 2.05) is 4.90 Å². The van der Waals surface area contributed by atoms with Crippen LogP contribution in [-0.4, -0.2) is 58.7 Å². The lowest BCUT2D eigenvalue weighted by atomic mass is 9.96. The molecule has 4 heterocycles. The van der Waals surface area contributed by atoms with E-state index < -0.39 is 12.1 Å². The fraction of sp³-hybridized carbons (Fsp3) is 0.500. The molecule has 1 aromatic heterocycles. The predicted molar refractivity (Wildman–Crippen MR) is 118 cm³/mol. The van der Waals surface area contributed by atoms with Crippen LogP contribution in [0.1, 0.15) is 35.4 Å². The van der Waals surface area contributed by atoms with Crippen LogP contribution in [0.25, 0.3) is 11.3 Å². The number of carbonyl (C=O) groups excluding carboxylic acids is 1. The second kappa shape index (κ2) is 9.40. The molecule has 5 rings (SSSR count). The summed E-state index contributed by atoms with van der Waals surface area (Å²) in [7, 11) is 0. The van der Waals surface area contributed by atoms with Crippen molar-refractivity contribution in [3.63, 3.8) is 0 Å². The van der Waals surface area contributed by atoms with E-state index in [4.69, 9.17) is 20.6 Å². The van der Waals surface area contributed by atoms with Crippen LogP contribution in [0.2, 0.25) is 0 Å². The highest BCUT2D eigenvalue weighted by Gasteiger charge is 2.38. The number of aryl methyl sites for hydroxylation is 1. The zero-order chi connectivity index (χ0) is 23.8. The molecule has 0 atom stereocenters. The monoisotopic (exact) mass is 482 g/mol. The maximum Gasteiger partial charge on any atom is 0.490 e. The van der Waals surface area contributed by atoms with Crippen molar-refractivity contribution in [2.45, 2.75) is 50.9 Å². The van der Waals surface area contributed by atoms with Crippen LogP contribution in [-0.2, 0) is 29.0 Å². The number of rotatable bonds is 3. The molecule has 3 aliphatic rings. The van der Waals surface area contributed by atoms with Gasteiger partial charge in [0.05, 0.1) is 24.3 Å². The zero-order valence-corrected chi connectivity index (χ0v) is 18.7. The SMILES string of the molecule is NC1CCN(Cc2nc(-c3cc4c5c(c3)CC(=O)N5CCC4)cs2)CC1.O=C(O)C(F)(F)F. The number of nitrogens with two attached hydrogens (primary N) is 1. The molecular weight excluding hydrogens is 457 g/mol. The van der Waals surface area contributed by atoms with Gasteiger partial charge in [0.1, 0.15) is 5.01 Å². The largest absolute Gasteiger partial charge is 0.490 e. The highest BCUT2D eigenvalue weighted by Crippen LogP contribution is 2.40. The molecule has 0 radical (unpaired) electrons. The van der Waals surface area contributed by atoms with Crippen LogP contribution in [0.15, 0.2) is 17.5 Å². The van der Waals surface area contributed by atoms with Gasteiger partial charge in [-0.3, -0.25) is 9.69 Å². The fourth-order valence-electron chi connectivity index (χ4n) is 4.45. The maximum absolute atomic E-state index is 12.2. The number of alkyl halides is 3. The van der Waals surface area contributed by atoms with Gasteiger partial charge in [0.15, 0.2) is 0 Å². The van der Waals surface area contributed by atoms with Crippen molar-refractivity contribution < 1.29 is 27.9 Å². The normalized spacial score (nSPS) is 18.7. The molecule has 3 N–H and O–H groups in total. The third kappa shape index (κ3) is 5.36. The third-order valence-corrected chi connectivity index (χ3v) is 6.92. The van der Waals surface area contributed by atoms with E-state index in [1.54, 1.807) is 11.3 Å². The Labute approximate surface area is 193 Å². The highest BCUT2D eigenvalue weighted by atomic mass is 32.1. The molecule has 0 saturated carbocycles. The molecule has 1 saturated heterocycles. The number of hydrogen-bond acceptors (Lipinski definition) is 6. The Kier molecular flexibility index (Phi) is 6.73. The van der Waals surface area contributed by atoms with E-state index in [0.717, 1.165) is 57.6 Å². The summed E-state index contributed by atoms with van der Waals surface area (Å²) in [5.74, 6) is -2.51. The second-order valence-electron chi connectivity index (χ2n) is 8.51. The van der Waals surface area contributed by atoms with E-state index in [1.165, 1.54) is 27.4 Å². The average molecular weight is 483 g/mol. The van der Waals surface area contributed by atoms with Crippen LogP contribution in [0.5, 0.6) is 0 Å². The Hall–Kier alpha value is -2.50. The van der Waals surface area contributed by atoms with E-state index in [2.05, 4.69) is 22.4 Å². The number of carboxylic acids is 1. The number of hydrogen-bond donors (Lipinski definition) is 2. The van der Waals surface area contributed by atoms with Crippen LogP contribution in [0.4, 0.5) is 18.9 Å². The first-order valence-corrected chi connectivity index (χ1v) is 11.7. The van der Waals surface area contributed by atoms with Crippen molar-refractivity contribution in [1.82, 2.24) is 9.88 Å². The van der Waals surface area contributed by atoms with Crippen LogP contribution in [0, 0.1) is 0 Å². The van der Waals surface area contributed by atoms with E-state index in [9.17, 15) is 18.0 Å². The molecule has 1 aromatic carbocycles. The summed E-state index contributed by atoms with van der Waals surface area (Å²) in [6.45, 7) is 3.92. The Balaban J connectivity index is 0.000000325. The van der Waals surface area contributed by atoms with Gasteiger partial charge in [0, 0.05) is 36.6 Å². The lowest BCUT2D eigenvalue weighted by molar-refractivity contribution is -0.192. The Morgan fingerprint density at radius 2 is 1.88 bits per heavy atom. The summed E-state index contributed by atoms with van der Waals surface area (Å²) >= 11 is 1.74. The van der Waals surface area contributed by atoms with Gasteiger partial charge >= 0.3 is 12.1 Å². The van der Waals surface area contributed by atoms with E-state index >= 15 is 0 Å². The second-order valence-corrected chi connectivity index (χ2v) is 9.45. The molecule has 3 aliphatic heterocycles. The molecule has 178 valence electrons. The minimum absolute atomic E-state index is 0.250. The number of halogens is 3. The molecule has 11 heteroatoms. The van der Waals surface area contributed by atoms with Crippen molar-refractivity contribution in [3.8, 4) is 11.3 Å². The topological polar surface area (TPSA) is 99.8 Å². The molecular formula is C22H25F3N4O3S. The van der Waals surface area contributed by atoms with Crippen molar-refractivity contribution in [2.75, 3.05) is 24.5 Å². The Morgan fingerprint density at radius 1 is 1.21 bits per heavy atom. The smallest absolute Gasteiger partial charge is 0.475 e. The molecule has 0 bridgehead atoms. The first kappa shape index (κ1) is 23.7. The van der Waals surface area contributed by atoms with Gasteiger partial charge in [-0.15, -0.1) is 11.3 Å².